The van der Waals surface area contributed by atoms with Crippen molar-refractivity contribution in [1.29, 1.82) is 0 Å². The average molecular weight is 457 g/mol. The van der Waals surface area contributed by atoms with Gasteiger partial charge in [-0.2, -0.15) is 0 Å². The molecule has 0 bridgehead atoms. The molecule has 33 heavy (non-hydrogen) atoms. The van der Waals surface area contributed by atoms with E-state index >= 15 is 0 Å². The van der Waals surface area contributed by atoms with E-state index < -0.39 is 29.0 Å². The molecule has 0 fully saturated rings. The zero-order valence-electron chi connectivity index (χ0n) is 17.8. The highest BCUT2D eigenvalue weighted by Gasteiger charge is 2.14. The highest BCUT2D eigenvalue weighted by atomic mass is 19.2. The predicted molar refractivity (Wildman–Crippen MR) is 119 cm³/mol. The van der Waals surface area contributed by atoms with Crippen LogP contribution in [0.3, 0.4) is 0 Å². The molecule has 0 unspecified atom stereocenters. The molecule has 8 heteroatoms. The zero-order valence-corrected chi connectivity index (χ0v) is 17.8. The van der Waals surface area contributed by atoms with Crippen LogP contribution in [0.25, 0.3) is 6.08 Å². The van der Waals surface area contributed by atoms with Crippen molar-refractivity contribution in [3.05, 3.63) is 89.8 Å². The van der Waals surface area contributed by atoms with Crippen molar-refractivity contribution >= 4 is 17.7 Å². The molecule has 0 radical (unpaired) electrons. The lowest BCUT2D eigenvalue weighted by Crippen LogP contribution is -2.10. The SMILES string of the molecule is CCOc1cc(/C=C/C(=O)Nc2ccc(F)c(F)c2F)ccc1OCCOc1ccccc1. The van der Waals surface area contributed by atoms with E-state index in [2.05, 4.69) is 5.32 Å². The van der Waals surface area contributed by atoms with E-state index in [4.69, 9.17) is 14.2 Å². The molecular weight excluding hydrogens is 435 g/mol. The van der Waals surface area contributed by atoms with Crippen LogP contribution in [0.2, 0.25) is 0 Å². The Morgan fingerprint density at radius 3 is 2.39 bits per heavy atom. The van der Waals surface area contributed by atoms with Crippen LogP contribution in [0.15, 0.2) is 66.7 Å². The van der Waals surface area contributed by atoms with Gasteiger partial charge in [0.25, 0.3) is 0 Å². The normalized spacial score (nSPS) is 10.8. The first-order valence-electron chi connectivity index (χ1n) is 10.2. The van der Waals surface area contributed by atoms with Crippen molar-refractivity contribution < 1.29 is 32.2 Å². The minimum Gasteiger partial charge on any atom is -0.490 e. The molecule has 1 N–H and O–H groups in total. The molecule has 3 rings (SSSR count). The highest BCUT2D eigenvalue weighted by molar-refractivity contribution is 6.02. The number of amides is 1. The monoisotopic (exact) mass is 457 g/mol. The Labute approximate surface area is 189 Å². The van der Waals surface area contributed by atoms with Gasteiger partial charge in [0, 0.05) is 6.08 Å². The van der Waals surface area contributed by atoms with E-state index in [1.54, 1.807) is 18.2 Å². The van der Waals surface area contributed by atoms with Crippen molar-refractivity contribution in [2.24, 2.45) is 0 Å². The van der Waals surface area contributed by atoms with Crippen LogP contribution in [0.1, 0.15) is 12.5 Å². The van der Waals surface area contributed by atoms with Gasteiger partial charge in [0.2, 0.25) is 5.91 Å². The Bertz CT molecular complexity index is 1120. The first-order valence-corrected chi connectivity index (χ1v) is 10.2. The van der Waals surface area contributed by atoms with Crippen LogP contribution in [0.4, 0.5) is 18.9 Å². The quantitative estimate of drug-likeness (QED) is 0.244. The average Bonchev–Trinajstić information content (AvgIpc) is 2.83. The van der Waals surface area contributed by atoms with Gasteiger partial charge in [-0.15, -0.1) is 0 Å². The first-order chi connectivity index (χ1) is 16.0. The summed E-state index contributed by atoms with van der Waals surface area (Å²) in [4.78, 5) is 12.1. The van der Waals surface area contributed by atoms with Gasteiger partial charge in [-0.1, -0.05) is 24.3 Å². The summed E-state index contributed by atoms with van der Waals surface area (Å²) < 4.78 is 56.9. The fraction of sp³-hybridized carbons (Fsp3) is 0.160. The van der Waals surface area contributed by atoms with Gasteiger partial charge in [-0.3, -0.25) is 4.79 Å². The van der Waals surface area contributed by atoms with Crippen LogP contribution in [-0.2, 0) is 4.79 Å². The van der Waals surface area contributed by atoms with Crippen LogP contribution in [-0.4, -0.2) is 25.7 Å². The fourth-order valence-electron chi connectivity index (χ4n) is 2.81. The van der Waals surface area contributed by atoms with Gasteiger partial charge >= 0.3 is 0 Å². The number of hydrogen-bond donors (Lipinski definition) is 1. The second-order valence-electron chi connectivity index (χ2n) is 6.69. The molecule has 3 aromatic carbocycles. The number of para-hydroxylation sites is 1. The standard InChI is InChI=1S/C25H22F3NO4/c1-2-31-22-16-17(8-12-21(22)33-15-14-32-18-6-4-3-5-7-18)9-13-23(30)29-20-11-10-19(26)24(27)25(20)28/h3-13,16H,2,14-15H2,1H3,(H,29,30)/b13-9+. The molecule has 0 heterocycles. The summed E-state index contributed by atoms with van der Waals surface area (Å²) in [6.07, 6.45) is 2.61. The third kappa shape index (κ3) is 6.77. The maximum atomic E-state index is 13.7. The number of benzene rings is 3. The number of hydrogen-bond acceptors (Lipinski definition) is 4. The Balaban J connectivity index is 1.60. The molecule has 0 aliphatic heterocycles. The van der Waals surface area contributed by atoms with E-state index in [0.29, 0.717) is 36.9 Å². The molecule has 172 valence electrons. The summed E-state index contributed by atoms with van der Waals surface area (Å²) in [6, 6.07) is 16.1. The Morgan fingerprint density at radius 2 is 1.64 bits per heavy atom. The number of halogens is 3. The van der Waals surface area contributed by atoms with Crippen molar-refractivity contribution in [1.82, 2.24) is 0 Å². The molecule has 0 atom stereocenters. The highest BCUT2D eigenvalue weighted by Crippen LogP contribution is 2.29. The number of nitrogens with one attached hydrogen (secondary N) is 1. The summed E-state index contributed by atoms with van der Waals surface area (Å²) in [5.41, 5.74) is 0.160. The summed E-state index contributed by atoms with van der Waals surface area (Å²) in [5.74, 6) is -3.43. The second kappa shape index (κ2) is 11.6. The number of anilines is 1. The lowest BCUT2D eigenvalue weighted by atomic mass is 10.2. The first kappa shape index (κ1) is 23.7. The van der Waals surface area contributed by atoms with E-state index in [1.807, 2.05) is 37.3 Å². The Morgan fingerprint density at radius 1 is 0.879 bits per heavy atom. The van der Waals surface area contributed by atoms with Gasteiger partial charge in [0.1, 0.15) is 19.0 Å². The number of carbonyl (C=O) groups excluding carboxylic acids is 1. The van der Waals surface area contributed by atoms with E-state index in [1.165, 1.54) is 6.08 Å². The summed E-state index contributed by atoms with van der Waals surface area (Å²) >= 11 is 0. The molecule has 3 aromatic rings. The van der Waals surface area contributed by atoms with E-state index in [9.17, 15) is 18.0 Å². The molecule has 0 aliphatic rings. The number of rotatable bonds is 10. The van der Waals surface area contributed by atoms with Crippen LogP contribution in [0.5, 0.6) is 17.2 Å². The maximum Gasteiger partial charge on any atom is 0.248 e. The molecular formula is C25H22F3NO4. The smallest absolute Gasteiger partial charge is 0.248 e. The van der Waals surface area contributed by atoms with Crippen LogP contribution >= 0.6 is 0 Å². The molecule has 1 amide bonds. The van der Waals surface area contributed by atoms with E-state index in [0.717, 1.165) is 24.0 Å². The second-order valence-corrected chi connectivity index (χ2v) is 6.69. The molecule has 5 nitrogen and oxygen atoms in total. The van der Waals surface area contributed by atoms with Crippen molar-refractivity contribution in [3.63, 3.8) is 0 Å². The third-order valence-electron chi connectivity index (χ3n) is 4.34. The summed E-state index contributed by atoms with van der Waals surface area (Å²) in [5, 5.41) is 2.17. The Kier molecular flexibility index (Phi) is 8.35. The zero-order chi connectivity index (χ0) is 23.6. The fourth-order valence-corrected chi connectivity index (χ4v) is 2.81. The van der Waals surface area contributed by atoms with Gasteiger partial charge in [-0.25, -0.2) is 13.2 Å². The maximum absolute atomic E-state index is 13.7. The van der Waals surface area contributed by atoms with Crippen molar-refractivity contribution in [2.75, 3.05) is 25.1 Å². The van der Waals surface area contributed by atoms with Gasteiger partial charge in [0.05, 0.1) is 12.3 Å². The van der Waals surface area contributed by atoms with Crippen LogP contribution in [0, 0.1) is 17.5 Å². The van der Waals surface area contributed by atoms with Gasteiger partial charge in [-0.05, 0) is 55.0 Å². The largest absolute Gasteiger partial charge is 0.490 e. The molecule has 0 aliphatic carbocycles. The lowest BCUT2D eigenvalue weighted by Gasteiger charge is -2.13. The molecule has 0 spiro atoms. The van der Waals surface area contributed by atoms with E-state index in [-0.39, 0.29) is 0 Å². The number of ether oxygens (including phenoxy) is 3. The predicted octanol–water partition coefficient (Wildman–Crippen LogP) is 5.61. The third-order valence-corrected chi connectivity index (χ3v) is 4.34. The van der Waals surface area contributed by atoms with Crippen LogP contribution < -0.4 is 19.5 Å². The van der Waals surface area contributed by atoms with Crippen molar-refractivity contribution in [2.45, 2.75) is 6.92 Å². The molecule has 0 aromatic heterocycles. The summed E-state index contributed by atoms with van der Waals surface area (Å²) in [6.45, 7) is 2.87. The van der Waals surface area contributed by atoms with Gasteiger partial charge in [0.15, 0.2) is 29.0 Å². The van der Waals surface area contributed by atoms with Crippen molar-refractivity contribution in [3.8, 4) is 17.2 Å². The molecule has 0 saturated carbocycles. The summed E-state index contributed by atoms with van der Waals surface area (Å²) in [7, 11) is 0. The topological polar surface area (TPSA) is 56.8 Å². The van der Waals surface area contributed by atoms with Gasteiger partial charge < -0.3 is 19.5 Å². The minimum atomic E-state index is -1.65. The minimum absolute atomic E-state index is 0.298. The molecule has 0 saturated heterocycles. The number of carbonyl (C=O) groups is 1. The lowest BCUT2D eigenvalue weighted by molar-refractivity contribution is -0.111. The Hall–Kier alpha value is -3.94.